The molecule has 38 heavy (non-hydrogen) atoms. The van der Waals surface area contributed by atoms with E-state index < -0.39 is 11.6 Å². The molecule has 0 unspecified atom stereocenters. The number of hydrogen-bond acceptors (Lipinski definition) is 5. The van der Waals surface area contributed by atoms with Crippen molar-refractivity contribution in [3.63, 3.8) is 0 Å². The van der Waals surface area contributed by atoms with Crippen LogP contribution in [-0.4, -0.2) is 63.9 Å². The molecule has 0 aliphatic carbocycles. The van der Waals surface area contributed by atoms with Crippen molar-refractivity contribution >= 4 is 22.6 Å². The molecule has 0 radical (unpaired) electrons. The van der Waals surface area contributed by atoms with E-state index in [1.807, 2.05) is 36.9 Å². The standard InChI is InChI=1S/C28H30F2N6O2/c1-15(9-17-10-19(29)12-21(30)16(17)2)32-22-5-6-31-27(37)25(22)26-33-23-11-18-14-36(8-7-35(3)4)28(38)20(18)13-24(23)34-26/h5-6,10-13,15H,7-9,14H2,1-4H3,(H,33,34)(H2,31,32,37)/t15-/m0/s1. The average Bonchev–Trinajstić information content (AvgIpc) is 3.39. The summed E-state index contributed by atoms with van der Waals surface area (Å²) in [5.74, 6) is -0.866. The highest BCUT2D eigenvalue weighted by Crippen LogP contribution is 2.30. The van der Waals surface area contributed by atoms with E-state index in [4.69, 9.17) is 0 Å². The van der Waals surface area contributed by atoms with Gasteiger partial charge in [-0.25, -0.2) is 13.8 Å². The van der Waals surface area contributed by atoms with Crippen molar-refractivity contribution in [2.45, 2.75) is 32.9 Å². The highest BCUT2D eigenvalue weighted by Gasteiger charge is 2.28. The van der Waals surface area contributed by atoms with Gasteiger partial charge in [0.1, 0.15) is 23.0 Å². The molecule has 1 amide bonds. The second-order valence-corrected chi connectivity index (χ2v) is 10.2. The molecule has 3 heterocycles. The first-order chi connectivity index (χ1) is 18.1. The Kier molecular flexibility index (Phi) is 6.75. The summed E-state index contributed by atoms with van der Waals surface area (Å²) in [4.78, 5) is 40.3. The van der Waals surface area contributed by atoms with Gasteiger partial charge in [-0.05, 0) is 75.3 Å². The van der Waals surface area contributed by atoms with Gasteiger partial charge in [-0.1, -0.05) is 0 Å². The van der Waals surface area contributed by atoms with E-state index in [1.165, 1.54) is 12.3 Å². The van der Waals surface area contributed by atoms with E-state index in [9.17, 15) is 18.4 Å². The maximum absolute atomic E-state index is 14.0. The number of pyridine rings is 1. The minimum atomic E-state index is -0.624. The maximum atomic E-state index is 14.0. The normalized spacial score (nSPS) is 14.0. The van der Waals surface area contributed by atoms with Crippen molar-refractivity contribution in [3.8, 4) is 11.4 Å². The Bertz CT molecular complexity index is 1590. The summed E-state index contributed by atoms with van der Waals surface area (Å²) in [5.41, 5.74) is 4.33. The number of fused-ring (bicyclic) bond motifs is 2. The van der Waals surface area contributed by atoms with Crippen LogP contribution in [0.4, 0.5) is 14.5 Å². The van der Waals surface area contributed by atoms with Crippen LogP contribution in [0.3, 0.4) is 0 Å². The summed E-state index contributed by atoms with van der Waals surface area (Å²) in [5, 5.41) is 3.30. The number of imidazole rings is 1. The van der Waals surface area contributed by atoms with Crippen LogP contribution >= 0.6 is 0 Å². The van der Waals surface area contributed by atoms with Gasteiger partial charge in [0.2, 0.25) is 0 Å². The molecular formula is C28H30F2N6O2. The van der Waals surface area contributed by atoms with Crippen LogP contribution in [-0.2, 0) is 13.0 Å². The molecule has 1 atom stereocenters. The lowest BCUT2D eigenvalue weighted by atomic mass is 10.0. The lowest BCUT2D eigenvalue weighted by Gasteiger charge is -2.18. The zero-order valence-electron chi connectivity index (χ0n) is 21.8. The van der Waals surface area contributed by atoms with Gasteiger partial charge in [0, 0.05) is 43.5 Å². The van der Waals surface area contributed by atoms with Gasteiger partial charge in [0.15, 0.2) is 0 Å². The van der Waals surface area contributed by atoms with Crippen molar-refractivity contribution in [1.29, 1.82) is 0 Å². The number of hydrogen-bond donors (Lipinski definition) is 3. The second-order valence-electron chi connectivity index (χ2n) is 10.2. The van der Waals surface area contributed by atoms with Gasteiger partial charge < -0.3 is 25.1 Å². The number of carbonyl (C=O) groups excluding carboxylic acids is 1. The van der Waals surface area contributed by atoms with Crippen molar-refractivity contribution in [2.24, 2.45) is 0 Å². The van der Waals surface area contributed by atoms with Crippen molar-refractivity contribution in [2.75, 3.05) is 32.5 Å². The van der Waals surface area contributed by atoms with Crippen LogP contribution in [0.15, 0.2) is 41.3 Å². The van der Waals surface area contributed by atoms with E-state index in [-0.39, 0.29) is 17.5 Å². The molecule has 1 aliphatic heterocycles. The molecule has 2 aromatic heterocycles. The van der Waals surface area contributed by atoms with Crippen LogP contribution in [0, 0.1) is 18.6 Å². The van der Waals surface area contributed by atoms with Gasteiger partial charge in [-0.2, -0.15) is 0 Å². The Balaban J connectivity index is 1.42. The third kappa shape index (κ3) is 4.91. The lowest BCUT2D eigenvalue weighted by Crippen LogP contribution is -2.31. The molecule has 1 aliphatic rings. The summed E-state index contributed by atoms with van der Waals surface area (Å²) < 4.78 is 27.8. The smallest absolute Gasteiger partial charge is 0.261 e. The van der Waals surface area contributed by atoms with E-state index in [0.717, 1.165) is 23.7 Å². The molecule has 0 bridgehead atoms. The zero-order valence-corrected chi connectivity index (χ0v) is 21.8. The van der Waals surface area contributed by atoms with Gasteiger partial charge in [-0.3, -0.25) is 9.59 Å². The third-order valence-electron chi connectivity index (χ3n) is 6.95. The zero-order chi connectivity index (χ0) is 27.1. The van der Waals surface area contributed by atoms with Crippen molar-refractivity contribution < 1.29 is 13.6 Å². The molecule has 5 rings (SSSR count). The second kappa shape index (κ2) is 10.0. The van der Waals surface area contributed by atoms with Gasteiger partial charge in [0.05, 0.1) is 16.7 Å². The number of rotatable bonds is 8. The number of aromatic amines is 2. The number of benzene rings is 2. The molecule has 198 valence electrons. The van der Waals surface area contributed by atoms with Gasteiger partial charge >= 0.3 is 0 Å². The summed E-state index contributed by atoms with van der Waals surface area (Å²) in [6.07, 6.45) is 1.89. The Labute approximate surface area is 218 Å². The van der Waals surface area contributed by atoms with Crippen LogP contribution < -0.4 is 10.9 Å². The van der Waals surface area contributed by atoms with E-state index >= 15 is 0 Å². The largest absolute Gasteiger partial charge is 0.381 e. The fourth-order valence-corrected chi connectivity index (χ4v) is 4.89. The van der Waals surface area contributed by atoms with Crippen LogP contribution in [0.25, 0.3) is 22.4 Å². The fraction of sp³-hybridized carbons (Fsp3) is 0.321. The maximum Gasteiger partial charge on any atom is 0.261 e. The molecule has 0 saturated carbocycles. The number of carbonyl (C=O) groups is 1. The summed E-state index contributed by atoms with van der Waals surface area (Å²) in [6, 6.07) is 7.38. The molecular weight excluding hydrogens is 490 g/mol. The molecule has 2 aromatic carbocycles. The highest BCUT2D eigenvalue weighted by molar-refractivity contribution is 6.02. The summed E-state index contributed by atoms with van der Waals surface area (Å²) >= 11 is 0. The minimum Gasteiger partial charge on any atom is -0.381 e. The van der Waals surface area contributed by atoms with Gasteiger partial charge in [-0.15, -0.1) is 0 Å². The number of nitrogens with zero attached hydrogens (tertiary/aromatic N) is 3. The molecule has 3 N–H and O–H groups in total. The SMILES string of the molecule is Cc1c(F)cc(F)cc1C[C@H](C)Nc1cc[nH]c(=O)c1-c1nc2cc3c(cc2[nH]1)CN(CCN(C)C)C3=O. The number of H-pyrrole nitrogens is 2. The topological polar surface area (TPSA) is 97.1 Å². The number of likely N-dealkylation sites (N-methyl/N-ethyl adjacent to an activating group) is 1. The molecule has 0 saturated heterocycles. The van der Waals surface area contributed by atoms with Crippen molar-refractivity contribution in [1.82, 2.24) is 24.8 Å². The molecule has 8 nitrogen and oxygen atoms in total. The third-order valence-corrected chi connectivity index (χ3v) is 6.95. The number of anilines is 1. The predicted octanol–water partition coefficient (Wildman–Crippen LogP) is 4.07. The van der Waals surface area contributed by atoms with E-state index in [0.29, 0.717) is 58.8 Å². The van der Waals surface area contributed by atoms with E-state index in [2.05, 4.69) is 20.3 Å². The van der Waals surface area contributed by atoms with Crippen molar-refractivity contribution in [3.05, 3.63) is 80.8 Å². The fourth-order valence-electron chi connectivity index (χ4n) is 4.89. The Morgan fingerprint density at radius 1 is 1.18 bits per heavy atom. The Morgan fingerprint density at radius 2 is 1.97 bits per heavy atom. The first-order valence-electron chi connectivity index (χ1n) is 12.5. The number of halogens is 2. The highest BCUT2D eigenvalue weighted by atomic mass is 19.1. The average molecular weight is 521 g/mol. The van der Waals surface area contributed by atoms with Crippen LogP contribution in [0.2, 0.25) is 0 Å². The van der Waals surface area contributed by atoms with Gasteiger partial charge in [0.25, 0.3) is 11.5 Å². The number of aromatic nitrogens is 3. The van der Waals surface area contributed by atoms with Crippen LogP contribution in [0.5, 0.6) is 0 Å². The first-order valence-corrected chi connectivity index (χ1v) is 12.5. The quantitative estimate of drug-likeness (QED) is 0.326. The lowest BCUT2D eigenvalue weighted by molar-refractivity contribution is 0.0768. The predicted molar refractivity (Wildman–Crippen MR) is 143 cm³/mol. The summed E-state index contributed by atoms with van der Waals surface area (Å²) in [6.45, 7) is 5.44. The first kappa shape index (κ1) is 25.6. The molecule has 0 fully saturated rings. The Morgan fingerprint density at radius 3 is 2.74 bits per heavy atom. The number of amides is 1. The monoisotopic (exact) mass is 520 g/mol. The van der Waals surface area contributed by atoms with E-state index in [1.54, 1.807) is 19.1 Å². The van der Waals surface area contributed by atoms with Crippen LogP contribution in [0.1, 0.15) is 34.0 Å². The minimum absolute atomic E-state index is 0.0221. The Hall–Kier alpha value is -4.05. The molecule has 0 spiro atoms. The number of nitrogens with one attached hydrogen (secondary N) is 3. The molecule has 10 heteroatoms. The summed E-state index contributed by atoms with van der Waals surface area (Å²) in [7, 11) is 3.94. The molecule has 4 aromatic rings.